The first-order chi connectivity index (χ1) is 8.98. The Hall–Kier alpha value is -0.480. The highest BCUT2D eigenvalue weighted by atomic mass is 79.9. The minimum absolute atomic E-state index is 0.00584. The lowest BCUT2D eigenvalue weighted by atomic mass is 9.68. The number of hydrogen-bond donors (Lipinski definition) is 1. The standard InChI is InChI=1S/C15H20BrF2N/c1-15(6-4-3-5-7-15)14(19-2)10-8-13(18)11(16)9-12(10)17/h8-9,14,19H,3-7H2,1-2H3. The molecule has 0 spiro atoms. The van der Waals surface area contributed by atoms with Gasteiger partial charge in [-0.05, 0) is 53.4 Å². The first-order valence-corrected chi connectivity index (χ1v) is 7.59. The molecule has 2 rings (SSSR count). The zero-order valence-electron chi connectivity index (χ0n) is 11.4. The van der Waals surface area contributed by atoms with E-state index in [1.165, 1.54) is 18.6 Å². The molecule has 1 unspecified atom stereocenters. The number of rotatable bonds is 3. The maximum absolute atomic E-state index is 14.2. The summed E-state index contributed by atoms with van der Waals surface area (Å²) >= 11 is 3.03. The van der Waals surface area contributed by atoms with Gasteiger partial charge in [0.25, 0.3) is 0 Å². The monoisotopic (exact) mass is 331 g/mol. The van der Waals surface area contributed by atoms with Gasteiger partial charge in [0.1, 0.15) is 11.6 Å². The van der Waals surface area contributed by atoms with Crippen molar-refractivity contribution in [1.82, 2.24) is 5.32 Å². The minimum Gasteiger partial charge on any atom is -0.312 e. The molecule has 0 aliphatic heterocycles. The maximum atomic E-state index is 14.2. The average molecular weight is 332 g/mol. The maximum Gasteiger partial charge on any atom is 0.137 e. The fourth-order valence-corrected chi connectivity index (χ4v) is 3.60. The Kier molecular flexibility index (Phi) is 4.62. The predicted octanol–water partition coefficient (Wildman–Crippen LogP) is 4.96. The molecule has 4 heteroatoms. The molecular formula is C15H20BrF2N. The topological polar surface area (TPSA) is 12.0 Å². The van der Waals surface area contributed by atoms with Crippen molar-refractivity contribution in [3.05, 3.63) is 33.8 Å². The third kappa shape index (κ3) is 3.00. The zero-order valence-corrected chi connectivity index (χ0v) is 13.0. The quantitative estimate of drug-likeness (QED) is 0.772. The van der Waals surface area contributed by atoms with Crippen molar-refractivity contribution in [3.8, 4) is 0 Å². The van der Waals surface area contributed by atoms with Crippen molar-refractivity contribution in [1.29, 1.82) is 0 Å². The summed E-state index contributed by atoms with van der Waals surface area (Å²) < 4.78 is 28.0. The van der Waals surface area contributed by atoms with Gasteiger partial charge in [-0.25, -0.2) is 8.78 Å². The van der Waals surface area contributed by atoms with Gasteiger partial charge in [-0.1, -0.05) is 26.2 Å². The Morgan fingerprint density at radius 1 is 1.16 bits per heavy atom. The van der Waals surface area contributed by atoms with Crippen molar-refractivity contribution in [3.63, 3.8) is 0 Å². The van der Waals surface area contributed by atoms with E-state index in [0.29, 0.717) is 5.56 Å². The second-order valence-electron chi connectivity index (χ2n) is 5.72. The molecule has 0 saturated heterocycles. The Labute approximate surface area is 121 Å². The third-order valence-corrected chi connectivity index (χ3v) is 4.94. The summed E-state index contributed by atoms with van der Waals surface area (Å²) in [6.07, 6.45) is 5.67. The highest BCUT2D eigenvalue weighted by Gasteiger charge is 2.37. The van der Waals surface area contributed by atoms with Crippen molar-refractivity contribution in [2.45, 2.75) is 45.1 Å². The van der Waals surface area contributed by atoms with Crippen molar-refractivity contribution < 1.29 is 8.78 Å². The largest absolute Gasteiger partial charge is 0.312 e. The summed E-state index contributed by atoms with van der Waals surface area (Å²) in [6, 6.07) is 2.40. The van der Waals surface area contributed by atoms with Crippen LogP contribution < -0.4 is 5.32 Å². The summed E-state index contributed by atoms with van der Waals surface area (Å²) in [5.41, 5.74) is 0.432. The second kappa shape index (κ2) is 5.88. The van der Waals surface area contributed by atoms with E-state index in [2.05, 4.69) is 28.2 Å². The van der Waals surface area contributed by atoms with Gasteiger partial charge in [0.15, 0.2) is 0 Å². The molecule has 0 heterocycles. The van der Waals surface area contributed by atoms with E-state index in [-0.39, 0.29) is 21.7 Å². The zero-order chi connectivity index (χ0) is 14.0. The fraction of sp³-hybridized carbons (Fsp3) is 0.600. The van der Waals surface area contributed by atoms with Gasteiger partial charge >= 0.3 is 0 Å². The Bertz CT molecular complexity index is 456. The van der Waals surface area contributed by atoms with Gasteiger partial charge < -0.3 is 5.32 Å². The summed E-state index contributed by atoms with van der Waals surface area (Å²) in [6.45, 7) is 2.17. The van der Waals surface area contributed by atoms with Crippen LogP contribution >= 0.6 is 15.9 Å². The van der Waals surface area contributed by atoms with Crippen LogP contribution in [0.5, 0.6) is 0 Å². The van der Waals surface area contributed by atoms with E-state index in [4.69, 9.17) is 0 Å². The molecule has 1 aliphatic rings. The van der Waals surface area contributed by atoms with Crippen LogP contribution in [0.25, 0.3) is 0 Å². The molecule has 1 atom stereocenters. The highest BCUT2D eigenvalue weighted by molar-refractivity contribution is 9.10. The summed E-state index contributed by atoms with van der Waals surface area (Å²) in [5, 5.41) is 3.19. The molecule has 0 aromatic heterocycles. The van der Waals surface area contributed by atoms with E-state index >= 15 is 0 Å². The molecule has 19 heavy (non-hydrogen) atoms. The normalized spacial score (nSPS) is 20.3. The van der Waals surface area contributed by atoms with Crippen LogP contribution in [0.4, 0.5) is 8.78 Å². The lowest BCUT2D eigenvalue weighted by Gasteiger charge is -2.41. The lowest BCUT2D eigenvalue weighted by molar-refractivity contribution is 0.147. The van der Waals surface area contributed by atoms with Crippen molar-refractivity contribution in [2.75, 3.05) is 7.05 Å². The fourth-order valence-electron chi connectivity index (χ4n) is 3.29. The number of nitrogens with one attached hydrogen (secondary N) is 1. The molecule has 1 aliphatic carbocycles. The first kappa shape index (κ1) is 14.9. The molecule has 0 bridgehead atoms. The van der Waals surface area contributed by atoms with Gasteiger partial charge in [-0.2, -0.15) is 0 Å². The predicted molar refractivity (Wildman–Crippen MR) is 77.1 cm³/mol. The van der Waals surface area contributed by atoms with Gasteiger partial charge in [0.2, 0.25) is 0 Å². The van der Waals surface area contributed by atoms with Crippen molar-refractivity contribution in [2.24, 2.45) is 5.41 Å². The van der Waals surface area contributed by atoms with Crippen LogP contribution in [0, 0.1) is 17.0 Å². The van der Waals surface area contributed by atoms with Gasteiger partial charge in [0, 0.05) is 11.6 Å². The van der Waals surface area contributed by atoms with Crippen LogP contribution in [0.15, 0.2) is 16.6 Å². The summed E-state index contributed by atoms with van der Waals surface area (Å²) in [5.74, 6) is -0.754. The molecule has 1 nitrogen and oxygen atoms in total. The Balaban J connectivity index is 2.39. The van der Waals surface area contributed by atoms with E-state index in [9.17, 15) is 8.78 Å². The van der Waals surface area contributed by atoms with Gasteiger partial charge in [0.05, 0.1) is 4.47 Å². The van der Waals surface area contributed by atoms with Crippen LogP contribution in [-0.2, 0) is 0 Å². The van der Waals surface area contributed by atoms with E-state index < -0.39 is 5.82 Å². The molecule has 1 aromatic rings. The van der Waals surface area contributed by atoms with E-state index in [1.54, 1.807) is 0 Å². The molecule has 0 amide bonds. The summed E-state index contributed by atoms with van der Waals surface area (Å²) in [4.78, 5) is 0. The van der Waals surface area contributed by atoms with Crippen LogP contribution in [0.2, 0.25) is 0 Å². The smallest absolute Gasteiger partial charge is 0.137 e. The van der Waals surface area contributed by atoms with Crippen LogP contribution in [0.3, 0.4) is 0 Å². The van der Waals surface area contributed by atoms with Gasteiger partial charge in [-0.3, -0.25) is 0 Å². The lowest BCUT2D eigenvalue weighted by Crippen LogP contribution is -2.36. The molecule has 1 N–H and O–H groups in total. The number of halogens is 3. The highest BCUT2D eigenvalue weighted by Crippen LogP contribution is 2.46. The second-order valence-corrected chi connectivity index (χ2v) is 6.58. The SMILES string of the molecule is CNC(c1cc(F)c(Br)cc1F)C1(C)CCCCC1. The van der Waals surface area contributed by atoms with E-state index in [0.717, 1.165) is 25.7 Å². The molecular weight excluding hydrogens is 312 g/mol. The molecule has 1 aromatic carbocycles. The average Bonchev–Trinajstić information content (AvgIpc) is 2.37. The molecule has 1 fully saturated rings. The minimum atomic E-state index is -0.406. The van der Waals surface area contributed by atoms with Gasteiger partial charge in [-0.15, -0.1) is 0 Å². The summed E-state index contributed by atoms with van der Waals surface area (Å²) in [7, 11) is 1.82. The first-order valence-electron chi connectivity index (χ1n) is 6.79. The molecule has 1 saturated carbocycles. The molecule has 106 valence electrons. The van der Waals surface area contributed by atoms with Crippen LogP contribution in [-0.4, -0.2) is 7.05 Å². The number of hydrogen-bond acceptors (Lipinski definition) is 1. The molecule has 0 radical (unpaired) electrons. The number of benzene rings is 1. The van der Waals surface area contributed by atoms with Crippen molar-refractivity contribution >= 4 is 15.9 Å². The third-order valence-electron chi connectivity index (χ3n) is 4.33. The Morgan fingerprint density at radius 2 is 1.79 bits per heavy atom. The van der Waals surface area contributed by atoms with Crippen LogP contribution in [0.1, 0.15) is 50.6 Å². The van der Waals surface area contributed by atoms with E-state index in [1.807, 2.05) is 7.05 Å². The Morgan fingerprint density at radius 3 is 2.37 bits per heavy atom.